The molecule has 0 aliphatic carbocycles. The molecule has 3 aromatic rings. The third kappa shape index (κ3) is 3.01. The molecular formula is C15H12Cl2N4. The maximum Gasteiger partial charge on any atom is 0.0996 e. The van der Waals surface area contributed by atoms with Gasteiger partial charge >= 0.3 is 0 Å². The molecule has 106 valence electrons. The van der Waals surface area contributed by atoms with Gasteiger partial charge in [-0.25, -0.2) is 4.68 Å². The van der Waals surface area contributed by atoms with E-state index in [2.05, 4.69) is 10.2 Å². The van der Waals surface area contributed by atoms with E-state index < -0.39 is 0 Å². The van der Waals surface area contributed by atoms with Gasteiger partial charge in [0.2, 0.25) is 0 Å². The predicted octanol–water partition coefficient (Wildman–Crippen LogP) is 4.15. The van der Waals surface area contributed by atoms with Gasteiger partial charge in [0.1, 0.15) is 0 Å². The van der Waals surface area contributed by atoms with Crippen molar-refractivity contribution in [1.29, 1.82) is 0 Å². The Morgan fingerprint density at radius 3 is 2.29 bits per heavy atom. The highest BCUT2D eigenvalue weighted by atomic mass is 35.5. The molecule has 0 radical (unpaired) electrons. The van der Waals surface area contributed by atoms with Gasteiger partial charge in [-0.2, -0.15) is 10.2 Å². The molecule has 0 N–H and O–H groups in total. The first kappa shape index (κ1) is 13.9. The maximum atomic E-state index is 6.32. The molecule has 6 heteroatoms. The molecule has 0 aliphatic rings. The molecule has 2 aromatic heterocycles. The van der Waals surface area contributed by atoms with Gasteiger partial charge in [0, 0.05) is 46.6 Å². The molecule has 0 fully saturated rings. The molecule has 4 nitrogen and oxygen atoms in total. The first-order valence-corrected chi connectivity index (χ1v) is 7.12. The van der Waals surface area contributed by atoms with E-state index in [1.54, 1.807) is 21.8 Å². The second-order valence-electron chi connectivity index (χ2n) is 4.39. The summed E-state index contributed by atoms with van der Waals surface area (Å²) in [6.07, 6.45) is 11.0. The zero-order chi connectivity index (χ0) is 14.7. The van der Waals surface area contributed by atoms with Crippen LogP contribution in [0.15, 0.2) is 61.2 Å². The smallest absolute Gasteiger partial charge is 0.0996 e. The molecule has 1 atom stereocenters. The normalized spacial score (nSPS) is 12.9. The Hall–Kier alpha value is -2.04. The van der Waals surface area contributed by atoms with Crippen LogP contribution in [0.1, 0.15) is 11.6 Å². The van der Waals surface area contributed by atoms with E-state index in [0.717, 1.165) is 5.56 Å². The quantitative estimate of drug-likeness (QED) is 0.724. The lowest BCUT2D eigenvalue weighted by atomic mass is 10.1. The fraction of sp³-hybridized carbons (Fsp3) is 0.0667. The lowest BCUT2D eigenvalue weighted by Gasteiger charge is -2.17. The fourth-order valence-electron chi connectivity index (χ4n) is 2.09. The SMILES string of the molecule is Clc1cccc(Cl)c1C(/C=C/n1cccn1)n1cccn1. The van der Waals surface area contributed by atoms with Crippen molar-refractivity contribution in [3.8, 4) is 0 Å². The molecular weight excluding hydrogens is 307 g/mol. The minimum Gasteiger partial charge on any atom is -0.261 e. The van der Waals surface area contributed by atoms with Crippen LogP contribution in [0.25, 0.3) is 6.20 Å². The Morgan fingerprint density at radius 1 is 0.952 bits per heavy atom. The van der Waals surface area contributed by atoms with Gasteiger partial charge in [0.25, 0.3) is 0 Å². The van der Waals surface area contributed by atoms with E-state index in [0.29, 0.717) is 10.0 Å². The molecule has 0 bridgehead atoms. The molecule has 0 saturated carbocycles. The number of allylic oxidation sites excluding steroid dienone is 1. The fourth-order valence-corrected chi connectivity index (χ4v) is 2.71. The topological polar surface area (TPSA) is 35.6 Å². The van der Waals surface area contributed by atoms with E-state index in [4.69, 9.17) is 23.2 Å². The van der Waals surface area contributed by atoms with Gasteiger partial charge in [-0.3, -0.25) is 4.68 Å². The van der Waals surface area contributed by atoms with Gasteiger partial charge in [0.15, 0.2) is 0 Å². The maximum absolute atomic E-state index is 6.32. The van der Waals surface area contributed by atoms with Crippen LogP contribution in [0.5, 0.6) is 0 Å². The van der Waals surface area contributed by atoms with E-state index in [9.17, 15) is 0 Å². The van der Waals surface area contributed by atoms with E-state index in [-0.39, 0.29) is 6.04 Å². The van der Waals surface area contributed by atoms with Crippen LogP contribution < -0.4 is 0 Å². The summed E-state index contributed by atoms with van der Waals surface area (Å²) in [6, 6.07) is 8.98. The number of hydrogen-bond acceptors (Lipinski definition) is 2. The van der Waals surface area contributed by atoms with Gasteiger partial charge in [-0.1, -0.05) is 29.3 Å². The predicted molar refractivity (Wildman–Crippen MR) is 84.4 cm³/mol. The zero-order valence-electron chi connectivity index (χ0n) is 11.0. The van der Waals surface area contributed by atoms with Gasteiger partial charge < -0.3 is 0 Å². The summed E-state index contributed by atoms with van der Waals surface area (Å²) in [6.45, 7) is 0. The average molecular weight is 319 g/mol. The van der Waals surface area contributed by atoms with Crippen molar-refractivity contribution >= 4 is 29.4 Å². The number of aromatic nitrogens is 4. The van der Waals surface area contributed by atoms with Crippen molar-refractivity contribution in [2.75, 3.05) is 0 Å². The summed E-state index contributed by atoms with van der Waals surface area (Å²) in [4.78, 5) is 0. The highest BCUT2D eigenvalue weighted by molar-refractivity contribution is 6.36. The Morgan fingerprint density at radius 2 is 1.67 bits per heavy atom. The van der Waals surface area contributed by atoms with Crippen LogP contribution in [-0.2, 0) is 0 Å². The molecule has 0 spiro atoms. The number of benzene rings is 1. The summed E-state index contributed by atoms with van der Waals surface area (Å²) < 4.78 is 3.51. The summed E-state index contributed by atoms with van der Waals surface area (Å²) in [7, 11) is 0. The van der Waals surface area contributed by atoms with Crippen molar-refractivity contribution < 1.29 is 0 Å². The Kier molecular flexibility index (Phi) is 4.08. The number of nitrogens with zero attached hydrogens (tertiary/aromatic N) is 4. The molecule has 1 aromatic carbocycles. The van der Waals surface area contributed by atoms with Gasteiger partial charge in [-0.15, -0.1) is 0 Å². The van der Waals surface area contributed by atoms with Crippen molar-refractivity contribution in [2.24, 2.45) is 0 Å². The summed E-state index contributed by atoms with van der Waals surface area (Å²) in [5.74, 6) is 0. The lowest BCUT2D eigenvalue weighted by Crippen LogP contribution is -2.10. The van der Waals surface area contributed by atoms with Crippen LogP contribution in [0.2, 0.25) is 10.0 Å². The van der Waals surface area contributed by atoms with Crippen molar-refractivity contribution in [2.45, 2.75) is 6.04 Å². The minimum absolute atomic E-state index is 0.203. The van der Waals surface area contributed by atoms with Crippen LogP contribution in [0, 0.1) is 0 Å². The van der Waals surface area contributed by atoms with Crippen LogP contribution in [0.4, 0.5) is 0 Å². The van der Waals surface area contributed by atoms with Crippen molar-refractivity contribution in [3.05, 3.63) is 76.8 Å². The second kappa shape index (κ2) is 6.16. The first-order valence-electron chi connectivity index (χ1n) is 6.36. The molecule has 3 rings (SSSR count). The highest BCUT2D eigenvalue weighted by Gasteiger charge is 2.17. The van der Waals surface area contributed by atoms with Crippen molar-refractivity contribution in [1.82, 2.24) is 19.6 Å². The number of hydrogen-bond donors (Lipinski definition) is 0. The molecule has 2 heterocycles. The molecule has 0 saturated heterocycles. The van der Waals surface area contributed by atoms with E-state index in [1.807, 2.05) is 55.0 Å². The number of halogens is 2. The summed E-state index contributed by atoms with van der Waals surface area (Å²) in [5, 5.41) is 9.65. The van der Waals surface area contributed by atoms with E-state index in [1.165, 1.54) is 0 Å². The van der Waals surface area contributed by atoms with Crippen LogP contribution in [0.3, 0.4) is 0 Å². The third-order valence-corrected chi connectivity index (χ3v) is 3.71. The Bertz CT molecular complexity index is 713. The van der Waals surface area contributed by atoms with Gasteiger partial charge in [-0.05, 0) is 30.3 Å². The summed E-state index contributed by atoms with van der Waals surface area (Å²) >= 11 is 12.6. The molecule has 0 aliphatic heterocycles. The Labute approximate surface area is 132 Å². The monoisotopic (exact) mass is 318 g/mol. The molecule has 0 amide bonds. The second-order valence-corrected chi connectivity index (χ2v) is 5.21. The lowest BCUT2D eigenvalue weighted by molar-refractivity contribution is 0.612. The Balaban J connectivity index is 2.05. The number of rotatable bonds is 4. The minimum atomic E-state index is -0.203. The molecule has 21 heavy (non-hydrogen) atoms. The summed E-state index contributed by atoms with van der Waals surface area (Å²) in [5.41, 5.74) is 0.813. The van der Waals surface area contributed by atoms with E-state index >= 15 is 0 Å². The standard InChI is InChI=1S/C15H12Cl2N4/c16-12-4-1-5-13(17)15(12)14(21-10-3-8-19-21)6-11-20-9-2-7-18-20/h1-11,14H/b11-6+. The average Bonchev–Trinajstić information content (AvgIpc) is 3.15. The van der Waals surface area contributed by atoms with Crippen molar-refractivity contribution in [3.63, 3.8) is 0 Å². The zero-order valence-corrected chi connectivity index (χ0v) is 12.5. The van der Waals surface area contributed by atoms with Crippen LogP contribution in [-0.4, -0.2) is 19.6 Å². The highest BCUT2D eigenvalue weighted by Crippen LogP contribution is 2.33. The van der Waals surface area contributed by atoms with Gasteiger partial charge in [0.05, 0.1) is 6.04 Å². The molecule has 1 unspecified atom stereocenters. The largest absolute Gasteiger partial charge is 0.261 e. The third-order valence-electron chi connectivity index (χ3n) is 3.05. The first-order chi connectivity index (χ1) is 10.3. The van der Waals surface area contributed by atoms with Crippen LogP contribution >= 0.6 is 23.2 Å².